The van der Waals surface area contributed by atoms with Gasteiger partial charge in [-0.05, 0) is 47.0 Å². The summed E-state index contributed by atoms with van der Waals surface area (Å²) < 4.78 is 8.86. The summed E-state index contributed by atoms with van der Waals surface area (Å²) in [6, 6.07) is 6.11. The summed E-state index contributed by atoms with van der Waals surface area (Å²) >= 11 is 3.52. The lowest BCUT2D eigenvalue weighted by Gasteiger charge is -2.09. The summed E-state index contributed by atoms with van der Waals surface area (Å²) in [6.07, 6.45) is 6.48. The second kappa shape index (κ2) is 4.18. The molecule has 88 valence electrons. The van der Waals surface area contributed by atoms with Crippen LogP contribution < -0.4 is 4.74 Å². The van der Waals surface area contributed by atoms with Crippen molar-refractivity contribution < 1.29 is 4.74 Å². The second-order valence-electron chi connectivity index (χ2n) is 4.32. The first kappa shape index (κ1) is 10.8. The van der Waals surface area contributed by atoms with Gasteiger partial charge in [-0.1, -0.05) is 0 Å². The molecular formula is C13H13BrN2O. The van der Waals surface area contributed by atoms with E-state index in [1.807, 2.05) is 36.0 Å². The molecule has 1 aliphatic rings. The van der Waals surface area contributed by atoms with Gasteiger partial charge >= 0.3 is 0 Å². The molecule has 0 aliphatic heterocycles. The average Bonchev–Trinajstić information content (AvgIpc) is 3.03. The second-order valence-corrected chi connectivity index (χ2v) is 5.18. The smallest absolute Gasteiger partial charge is 0.139 e. The lowest BCUT2D eigenvalue weighted by molar-refractivity contribution is 0.301. The Kier molecular flexibility index (Phi) is 2.67. The van der Waals surface area contributed by atoms with Gasteiger partial charge in [-0.3, -0.25) is 0 Å². The first-order valence-corrected chi connectivity index (χ1v) is 6.47. The first-order valence-electron chi connectivity index (χ1n) is 5.68. The van der Waals surface area contributed by atoms with Crippen LogP contribution in [0.3, 0.4) is 0 Å². The third-order valence-electron chi connectivity index (χ3n) is 2.83. The fourth-order valence-corrected chi connectivity index (χ4v) is 2.08. The van der Waals surface area contributed by atoms with Crippen LogP contribution in [-0.4, -0.2) is 15.7 Å². The normalized spacial score (nSPS) is 14.9. The zero-order valence-electron chi connectivity index (χ0n) is 9.56. The molecule has 0 amide bonds. The Bertz CT molecular complexity index is 546. The highest BCUT2D eigenvalue weighted by Gasteiger charge is 2.24. The highest BCUT2D eigenvalue weighted by molar-refractivity contribution is 9.10. The number of hydrogen-bond acceptors (Lipinski definition) is 2. The number of ether oxygens (including phenoxy) is 1. The largest absolute Gasteiger partial charge is 0.489 e. The Balaban J connectivity index is 1.97. The fourth-order valence-electron chi connectivity index (χ4n) is 1.74. The molecule has 0 N–H and O–H groups in total. The number of rotatable bonds is 3. The van der Waals surface area contributed by atoms with E-state index in [9.17, 15) is 0 Å². The molecule has 0 saturated heterocycles. The Morgan fingerprint density at radius 3 is 2.88 bits per heavy atom. The van der Waals surface area contributed by atoms with Crippen LogP contribution in [0.25, 0.3) is 11.4 Å². The molecule has 1 fully saturated rings. The summed E-state index contributed by atoms with van der Waals surface area (Å²) in [5, 5.41) is 0. The van der Waals surface area contributed by atoms with Crippen LogP contribution in [0.1, 0.15) is 12.8 Å². The van der Waals surface area contributed by atoms with Crippen molar-refractivity contribution in [1.29, 1.82) is 0 Å². The fraction of sp³-hybridized carbons (Fsp3) is 0.308. The predicted molar refractivity (Wildman–Crippen MR) is 70.0 cm³/mol. The van der Waals surface area contributed by atoms with Crippen molar-refractivity contribution in [1.82, 2.24) is 9.55 Å². The van der Waals surface area contributed by atoms with E-state index in [1.165, 1.54) is 12.8 Å². The molecule has 17 heavy (non-hydrogen) atoms. The molecule has 1 heterocycles. The number of aryl methyl sites for hydroxylation is 1. The van der Waals surface area contributed by atoms with Crippen LogP contribution in [0.2, 0.25) is 0 Å². The molecule has 4 heteroatoms. The summed E-state index contributed by atoms with van der Waals surface area (Å²) in [5.41, 5.74) is 1.08. The maximum Gasteiger partial charge on any atom is 0.139 e. The number of halogens is 1. The molecule has 1 aromatic heterocycles. The maximum atomic E-state index is 5.85. The first-order chi connectivity index (χ1) is 8.24. The standard InChI is InChI=1S/C13H13BrN2O/c1-16-7-6-15-13(16)9-2-5-11(14)12(8-9)17-10-3-4-10/h2,5-8,10H,3-4H2,1H3. The van der Waals surface area contributed by atoms with Crippen molar-refractivity contribution in [3.05, 3.63) is 35.1 Å². The molecule has 1 aromatic carbocycles. The summed E-state index contributed by atoms with van der Waals surface area (Å²) in [7, 11) is 1.99. The maximum absolute atomic E-state index is 5.85. The van der Waals surface area contributed by atoms with Gasteiger partial charge in [0.1, 0.15) is 11.6 Å². The Hall–Kier alpha value is -1.29. The van der Waals surface area contributed by atoms with Crippen LogP contribution in [-0.2, 0) is 7.05 Å². The number of imidazole rings is 1. The minimum atomic E-state index is 0.405. The van der Waals surface area contributed by atoms with Crippen molar-refractivity contribution in [2.75, 3.05) is 0 Å². The van der Waals surface area contributed by atoms with Gasteiger partial charge in [0.2, 0.25) is 0 Å². The molecule has 0 bridgehead atoms. The monoisotopic (exact) mass is 292 g/mol. The van der Waals surface area contributed by atoms with Crippen LogP contribution in [0.4, 0.5) is 0 Å². The number of aromatic nitrogens is 2. The Morgan fingerprint density at radius 2 is 2.24 bits per heavy atom. The van der Waals surface area contributed by atoms with Gasteiger partial charge in [0.25, 0.3) is 0 Å². The van der Waals surface area contributed by atoms with E-state index in [1.54, 1.807) is 6.20 Å². The van der Waals surface area contributed by atoms with E-state index in [0.29, 0.717) is 6.10 Å². The minimum Gasteiger partial charge on any atom is -0.489 e. The summed E-state index contributed by atoms with van der Waals surface area (Å²) in [5.74, 6) is 1.87. The molecule has 0 unspecified atom stereocenters. The molecule has 1 aliphatic carbocycles. The van der Waals surface area contributed by atoms with Gasteiger partial charge in [0.05, 0.1) is 10.6 Å². The van der Waals surface area contributed by atoms with Gasteiger partial charge in [-0.15, -0.1) is 0 Å². The number of benzene rings is 1. The van der Waals surface area contributed by atoms with Gasteiger partial charge in [-0.2, -0.15) is 0 Å². The third kappa shape index (κ3) is 2.22. The molecule has 1 saturated carbocycles. The van der Waals surface area contributed by atoms with Crippen LogP contribution in [0, 0.1) is 0 Å². The van der Waals surface area contributed by atoms with E-state index in [2.05, 4.69) is 20.9 Å². The van der Waals surface area contributed by atoms with Gasteiger partial charge in [0.15, 0.2) is 0 Å². The molecule has 0 atom stereocenters. The molecule has 3 rings (SSSR count). The van der Waals surface area contributed by atoms with Crippen molar-refractivity contribution >= 4 is 15.9 Å². The highest BCUT2D eigenvalue weighted by Crippen LogP contribution is 2.34. The third-order valence-corrected chi connectivity index (χ3v) is 3.48. The Morgan fingerprint density at radius 1 is 1.41 bits per heavy atom. The minimum absolute atomic E-state index is 0.405. The van der Waals surface area contributed by atoms with Crippen molar-refractivity contribution in [3.8, 4) is 17.1 Å². The quantitative estimate of drug-likeness (QED) is 0.867. The topological polar surface area (TPSA) is 27.1 Å². The highest BCUT2D eigenvalue weighted by atomic mass is 79.9. The zero-order chi connectivity index (χ0) is 11.8. The van der Waals surface area contributed by atoms with Crippen molar-refractivity contribution in [2.45, 2.75) is 18.9 Å². The van der Waals surface area contributed by atoms with Gasteiger partial charge in [0, 0.05) is 25.0 Å². The molecule has 2 aromatic rings. The predicted octanol–water partition coefficient (Wildman–Crippen LogP) is 3.39. The van der Waals surface area contributed by atoms with E-state index < -0.39 is 0 Å². The van der Waals surface area contributed by atoms with Crippen molar-refractivity contribution in [2.24, 2.45) is 7.05 Å². The molecule has 0 spiro atoms. The Labute approximate surface area is 109 Å². The van der Waals surface area contributed by atoms with E-state index in [-0.39, 0.29) is 0 Å². The van der Waals surface area contributed by atoms with Crippen LogP contribution in [0.15, 0.2) is 35.1 Å². The molecule has 0 radical (unpaired) electrons. The van der Waals surface area contributed by atoms with E-state index in [0.717, 1.165) is 21.6 Å². The van der Waals surface area contributed by atoms with Crippen LogP contribution >= 0.6 is 15.9 Å². The zero-order valence-corrected chi connectivity index (χ0v) is 11.1. The molecular weight excluding hydrogens is 280 g/mol. The average molecular weight is 293 g/mol. The van der Waals surface area contributed by atoms with Gasteiger partial charge in [-0.25, -0.2) is 4.98 Å². The van der Waals surface area contributed by atoms with Crippen LogP contribution in [0.5, 0.6) is 5.75 Å². The van der Waals surface area contributed by atoms with Gasteiger partial charge < -0.3 is 9.30 Å². The van der Waals surface area contributed by atoms with E-state index >= 15 is 0 Å². The SMILES string of the molecule is Cn1ccnc1-c1ccc(Br)c(OC2CC2)c1. The van der Waals surface area contributed by atoms with Crippen molar-refractivity contribution in [3.63, 3.8) is 0 Å². The summed E-state index contributed by atoms with van der Waals surface area (Å²) in [4.78, 5) is 4.34. The van der Waals surface area contributed by atoms with E-state index in [4.69, 9.17) is 4.74 Å². The summed E-state index contributed by atoms with van der Waals surface area (Å²) in [6.45, 7) is 0. The number of hydrogen-bond donors (Lipinski definition) is 0. The lowest BCUT2D eigenvalue weighted by atomic mass is 10.2. The lowest BCUT2D eigenvalue weighted by Crippen LogP contribution is -1.98. The number of nitrogens with zero attached hydrogens (tertiary/aromatic N) is 2. The molecule has 3 nitrogen and oxygen atoms in total.